The molecule has 0 aliphatic rings. The van der Waals surface area contributed by atoms with Gasteiger partial charge in [-0.25, -0.2) is 0 Å². The van der Waals surface area contributed by atoms with Crippen LogP contribution in [-0.2, 0) is 15.6 Å². The molecule has 0 fully saturated rings. The van der Waals surface area contributed by atoms with Gasteiger partial charge in [0.15, 0.2) is 0 Å². The first-order valence-corrected chi connectivity index (χ1v) is 7.84. The van der Waals surface area contributed by atoms with E-state index in [0.717, 1.165) is 0 Å². The van der Waals surface area contributed by atoms with E-state index in [-0.39, 0.29) is 10.7 Å². The fourth-order valence-electron chi connectivity index (χ4n) is 1.57. The first-order valence-electron chi connectivity index (χ1n) is 6.52. The zero-order valence-corrected chi connectivity index (χ0v) is 12.9. The number of amides is 1. The summed E-state index contributed by atoms with van der Waals surface area (Å²) >= 11 is 0. The van der Waals surface area contributed by atoms with E-state index in [1.54, 1.807) is 24.3 Å². The Morgan fingerprint density at radius 3 is 2.60 bits per heavy atom. The third kappa shape index (κ3) is 5.14. The molecule has 1 amide bonds. The Hall–Kier alpha value is -1.67. The van der Waals surface area contributed by atoms with Crippen molar-refractivity contribution in [2.45, 2.75) is 38.4 Å². The van der Waals surface area contributed by atoms with Gasteiger partial charge in [0.2, 0.25) is 5.91 Å². The Balaban J connectivity index is 2.46. The summed E-state index contributed by atoms with van der Waals surface area (Å²) in [5.74, 6) is 0.357. The molecule has 0 saturated heterocycles. The summed E-state index contributed by atoms with van der Waals surface area (Å²) in [7, 11) is -0.939. The Bertz CT molecular complexity index is 542. The van der Waals surface area contributed by atoms with Crippen LogP contribution >= 0.6 is 0 Å². The standard InChI is InChI=1S/C15H20N2O2S/c1-15(2,3)20(19)10-6-9-14(18)17-13-8-5-4-7-12(13)11-16/h4-5,7-8H,6,9-10H2,1-3H3,(H,17,18). The molecule has 108 valence electrons. The summed E-state index contributed by atoms with van der Waals surface area (Å²) in [5.41, 5.74) is 0.969. The van der Waals surface area contributed by atoms with Crippen LogP contribution in [-0.4, -0.2) is 20.6 Å². The largest absolute Gasteiger partial charge is 0.325 e. The van der Waals surface area contributed by atoms with Crippen LogP contribution in [0, 0.1) is 11.3 Å². The quantitative estimate of drug-likeness (QED) is 0.907. The minimum Gasteiger partial charge on any atom is -0.325 e. The predicted octanol–water partition coefficient (Wildman–Crippen LogP) is 2.82. The summed E-state index contributed by atoms with van der Waals surface area (Å²) in [5, 5.41) is 11.6. The van der Waals surface area contributed by atoms with Crippen molar-refractivity contribution in [3.8, 4) is 6.07 Å². The minimum absolute atomic E-state index is 0.154. The molecule has 5 heteroatoms. The van der Waals surface area contributed by atoms with Crippen molar-refractivity contribution in [3.05, 3.63) is 29.8 Å². The highest BCUT2D eigenvalue weighted by Crippen LogP contribution is 2.15. The summed E-state index contributed by atoms with van der Waals surface area (Å²) in [6.07, 6.45) is 0.881. The van der Waals surface area contributed by atoms with Gasteiger partial charge < -0.3 is 5.32 Å². The Morgan fingerprint density at radius 1 is 1.35 bits per heavy atom. The molecule has 0 saturated carbocycles. The Morgan fingerprint density at radius 2 is 2.00 bits per heavy atom. The average molecular weight is 292 g/mol. The molecular formula is C15H20N2O2S. The van der Waals surface area contributed by atoms with Crippen molar-refractivity contribution in [1.82, 2.24) is 0 Å². The van der Waals surface area contributed by atoms with E-state index in [0.29, 0.717) is 29.8 Å². The van der Waals surface area contributed by atoms with Crippen LogP contribution in [0.1, 0.15) is 39.2 Å². The number of nitriles is 1. The van der Waals surface area contributed by atoms with E-state index in [4.69, 9.17) is 5.26 Å². The van der Waals surface area contributed by atoms with E-state index in [1.165, 1.54) is 0 Å². The van der Waals surface area contributed by atoms with Crippen molar-refractivity contribution in [2.24, 2.45) is 0 Å². The lowest BCUT2D eigenvalue weighted by Crippen LogP contribution is -2.24. The number of benzene rings is 1. The second-order valence-electron chi connectivity index (χ2n) is 5.47. The Kier molecular flexibility index (Phi) is 5.90. The van der Waals surface area contributed by atoms with Crippen molar-refractivity contribution >= 4 is 22.4 Å². The van der Waals surface area contributed by atoms with Crippen LogP contribution in [0.3, 0.4) is 0 Å². The molecule has 0 spiro atoms. The first-order chi connectivity index (χ1) is 9.34. The third-order valence-corrected chi connectivity index (χ3v) is 4.76. The predicted molar refractivity (Wildman–Crippen MR) is 81.8 cm³/mol. The smallest absolute Gasteiger partial charge is 0.224 e. The highest BCUT2D eigenvalue weighted by atomic mass is 32.2. The van der Waals surface area contributed by atoms with E-state index in [2.05, 4.69) is 5.32 Å². The van der Waals surface area contributed by atoms with E-state index < -0.39 is 10.8 Å². The first kappa shape index (κ1) is 16.4. The number of hydrogen-bond donors (Lipinski definition) is 1. The molecule has 1 N–H and O–H groups in total. The molecule has 0 aromatic heterocycles. The lowest BCUT2D eigenvalue weighted by molar-refractivity contribution is -0.116. The maximum Gasteiger partial charge on any atom is 0.224 e. The summed E-state index contributed by atoms with van der Waals surface area (Å²) in [4.78, 5) is 11.8. The number of anilines is 1. The van der Waals surface area contributed by atoms with Crippen molar-refractivity contribution in [1.29, 1.82) is 5.26 Å². The number of nitrogens with zero attached hydrogens (tertiary/aromatic N) is 1. The van der Waals surface area contributed by atoms with Crippen molar-refractivity contribution < 1.29 is 9.00 Å². The van der Waals surface area contributed by atoms with Crippen LogP contribution in [0.25, 0.3) is 0 Å². The van der Waals surface area contributed by atoms with Gasteiger partial charge in [0.05, 0.1) is 11.3 Å². The van der Waals surface area contributed by atoms with Gasteiger partial charge in [-0.2, -0.15) is 5.26 Å². The normalized spacial score (nSPS) is 12.5. The number of carbonyl (C=O) groups excluding carboxylic acids is 1. The van der Waals surface area contributed by atoms with Gasteiger partial charge in [-0.05, 0) is 39.3 Å². The Labute approximate surface area is 122 Å². The van der Waals surface area contributed by atoms with Crippen molar-refractivity contribution in [2.75, 3.05) is 11.1 Å². The number of hydrogen-bond acceptors (Lipinski definition) is 3. The van der Waals surface area contributed by atoms with Crippen LogP contribution in [0.15, 0.2) is 24.3 Å². The number of nitrogens with one attached hydrogen (secondary N) is 1. The molecular weight excluding hydrogens is 272 g/mol. The highest BCUT2D eigenvalue weighted by molar-refractivity contribution is 7.86. The monoisotopic (exact) mass is 292 g/mol. The van der Waals surface area contributed by atoms with Crippen LogP contribution in [0.5, 0.6) is 0 Å². The molecule has 1 unspecified atom stereocenters. The number of carbonyl (C=O) groups is 1. The van der Waals surface area contributed by atoms with Crippen molar-refractivity contribution in [3.63, 3.8) is 0 Å². The SMILES string of the molecule is CC(C)(C)S(=O)CCCC(=O)Nc1ccccc1C#N. The molecule has 0 aliphatic carbocycles. The fraction of sp³-hybridized carbons (Fsp3) is 0.467. The second-order valence-corrected chi connectivity index (χ2v) is 7.80. The zero-order valence-electron chi connectivity index (χ0n) is 12.1. The van der Waals surface area contributed by atoms with Crippen LogP contribution in [0.4, 0.5) is 5.69 Å². The molecule has 1 aromatic carbocycles. The third-order valence-electron chi connectivity index (χ3n) is 2.74. The van der Waals surface area contributed by atoms with E-state index in [9.17, 15) is 9.00 Å². The van der Waals surface area contributed by atoms with Gasteiger partial charge >= 0.3 is 0 Å². The number of para-hydroxylation sites is 1. The minimum atomic E-state index is -0.939. The summed E-state index contributed by atoms with van der Waals surface area (Å²) in [6, 6.07) is 8.91. The van der Waals surface area contributed by atoms with Gasteiger partial charge in [0, 0.05) is 27.7 Å². The maximum absolute atomic E-state index is 11.8. The van der Waals surface area contributed by atoms with Gasteiger partial charge in [-0.1, -0.05) is 12.1 Å². The molecule has 0 radical (unpaired) electrons. The van der Waals surface area contributed by atoms with E-state index >= 15 is 0 Å². The van der Waals surface area contributed by atoms with Gasteiger partial charge in [0.1, 0.15) is 6.07 Å². The molecule has 20 heavy (non-hydrogen) atoms. The maximum atomic E-state index is 11.8. The zero-order chi connectivity index (χ0) is 15.2. The number of rotatable bonds is 5. The lowest BCUT2D eigenvalue weighted by atomic mass is 10.2. The molecule has 1 rings (SSSR count). The average Bonchev–Trinajstić information content (AvgIpc) is 2.38. The highest BCUT2D eigenvalue weighted by Gasteiger charge is 2.19. The van der Waals surface area contributed by atoms with Gasteiger partial charge in [-0.15, -0.1) is 0 Å². The second kappa shape index (κ2) is 7.20. The van der Waals surface area contributed by atoms with Crippen LogP contribution in [0.2, 0.25) is 0 Å². The summed E-state index contributed by atoms with van der Waals surface area (Å²) < 4.78 is 11.6. The molecule has 1 atom stereocenters. The van der Waals surface area contributed by atoms with E-state index in [1.807, 2.05) is 26.8 Å². The molecule has 0 heterocycles. The topological polar surface area (TPSA) is 70.0 Å². The van der Waals surface area contributed by atoms with Gasteiger partial charge in [0.25, 0.3) is 0 Å². The lowest BCUT2D eigenvalue weighted by Gasteiger charge is -2.17. The molecule has 4 nitrogen and oxygen atoms in total. The summed E-state index contributed by atoms with van der Waals surface area (Å²) in [6.45, 7) is 5.77. The molecule has 1 aromatic rings. The van der Waals surface area contributed by atoms with Gasteiger partial charge in [-0.3, -0.25) is 9.00 Å². The van der Waals surface area contributed by atoms with Crippen LogP contribution < -0.4 is 5.32 Å². The molecule has 0 bridgehead atoms. The molecule has 0 aliphatic heterocycles. The fourth-order valence-corrected chi connectivity index (χ4v) is 2.59.